The number of aromatic amines is 1. The zero-order valence-electron chi connectivity index (χ0n) is 18.3. The topological polar surface area (TPSA) is 91.8 Å². The number of H-pyrrole nitrogens is 1. The maximum atomic E-state index is 12.5. The van der Waals surface area contributed by atoms with Gasteiger partial charge in [-0.1, -0.05) is 0 Å². The van der Waals surface area contributed by atoms with Gasteiger partial charge in [-0.2, -0.15) is 0 Å². The Morgan fingerprint density at radius 1 is 1.30 bits per heavy atom. The second-order valence-electron chi connectivity index (χ2n) is 7.88. The number of ether oxygens (including phenoxy) is 2. The first-order chi connectivity index (χ1) is 16.2. The molecule has 0 radical (unpaired) electrons. The summed E-state index contributed by atoms with van der Waals surface area (Å²) >= 11 is 1.33. The molecule has 4 heterocycles. The molecule has 2 saturated heterocycles. The molecule has 0 bridgehead atoms. The molecule has 8 nitrogen and oxygen atoms in total. The van der Waals surface area contributed by atoms with E-state index >= 15 is 0 Å². The smallest absolute Gasteiger partial charge is 0.264 e. The Labute approximate surface area is 196 Å². The lowest BCUT2D eigenvalue weighted by molar-refractivity contribution is -0.115. The predicted molar refractivity (Wildman–Crippen MR) is 131 cm³/mol. The molecule has 2 aliphatic rings. The highest BCUT2D eigenvalue weighted by Crippen LogP contribution is 2.31. The Balaban J connectivity index is 1.24. The van der Waals surface area contributed by atoms with E-state index in [2.05, 4.69) is 25.2 Å². The van der Waals surface area contributed by atoms with Crippen molar-refractivity contribution in [2.24, 2.45) is 4.99 Å². The average Bonchev–Trinajstić information content (AvgIpc) is 3.39. The van der Waals surface area contributed by atoms with E-state index in [1.54, 1.807) is 6.20 Å². The number of aryl methyl sites for hydroxylation is 1. The molecular weight excluding hydrogens is 438 g/mol. The Hall–Kier alpha value is -3.14. The number of nitrogens with one attached hydrogen (secondary N) is 2. The molecule has 2 aliphatic heterocycles. The summed E-state index contributed by atoms with van der Waals surface area (Å²) in [6, 6.07) is 9.68. The summed E-state index contributed by atoms with van der Waals surface area (Å²) in [5.41, 5.74) is 3.51. The van der Waals surface area contributed by atoms with Crippen LogP contribution in [-0.2, 0) is 9.53 Å². The van der Waals surface area contributed by atoms with Gasteiger partial charge in [0.15, 0.2) is 5.17 Å². The van der Waals surface area contributed by atoms with Gasteiger partial charge >= 0.3 is 0 Å². The van der Waals surface area contributed by atoms with Gasteiger partial charge in [-0.3, -0.25) is 9.69 Å². The van der Waals surface area contributed by atoms with E-state index in [1.807, 2.05) is 49.5 Å². The SMILES string of the molecule is Cc1cc(OCCN2CCOCC2)ccc1/N=C1/NC(=O)/C(=C/c2c[nH]c3ncccc23)S1. The molecule has 1 aromatic carbocycles. The lowest BCUT2D eigenvalue weighted by atomic mass is 10.2. The van der Waals surface area contributed by atoms with Crippen LogP contribution in [0.1, 0.15) is 11.1 Å². The average molecular weight is 464 g/mol. The molecule has 1 amide bonds. The minimum Gasteiger partial charge on any atom is -0.492 e. The molecule has 5 rings (SSSR count). The summed E-state index contributed by atoms with van der Waals surface area (Å²) in [4.78, 5) is 27.5. The number of fused-ring (bicyclic) bond motifs is 1. The van der Waals surface area contributed by atoms with Crippen LogP contribution in [-0.4, -0.2) is 65.4 Å². The summed E-state index contributed by atoms with van der Waals surface area (Å²) in [6.07, 6.45) is 5.46. The molecular formula is C24H25N5O3S. The zero-order chi connectivity index (χ0) is 22.6. The van der Waals surface area contributed by atoms with Gasteiger partial charge in [-0.05, 0) is 60.7 Å². The molecule has 2 aromatic heterocycles. The molecule has 2 fully saturated rings. The van der Waals surface area contributed by atoms with Crippen LogP contribution >= 0.6 is 11.8 Å². The quantitative estimate of drug-likeness (QED) is 0.544. The summed E-state index contributed by atoms with van der Waals surface area (Å²) in [6.45, 7) is 7.00. The van der Waals surface area contributed by atoms with Crippen LogP contribution in [0.3, 0.4) is 0 Å². The van der Waals surface area contributed by atoms with Crippen LogP contribution in [0.4, 0.5) is 5.69 Å². The molecule has 0 spiro atoms. The van der Waals surface area contributed by atoms with Gasteiger partial charge in [0.05, 0.1) is 23.8 Å². The van der Waals surface area contributed by atoms with Gasteiger partial charge in [0.1, 0.15) is 18.0 Å². The second-order valence-corrected chi connectivity index (χ2v) is 8.91. The van der Waals surface area contributed by atoms with E-state index in [-0.39, 0.29) is 5.91 Å². The summed E-state index contributed by atoms with van der Waals surface area (Å²) in [5.74, 6) is 0.666. The van der Waals surface area contributed by atoms with Crippen molar-refractivity contribution in [2.75, 3.05) is 39.5 Å². The lowest BCUT2D eigenvalue weighted by Gasteiger charge is -2.26. The molecule has 33 heavy (non-hydrogen) atoms. The molecule has 0 atom stereocenters. The molecule has 9 heteroatoms. The van der Waals surface area contributed by atoms with Crippen LogP contribution in [0.2, 0.25) is 0 Å². The van der Waals surface area contributed by atoms with Gasteiger partial charge in [0.2, 0.25) is 0 Å². The minimum absolute atomic E-state index is 0.155. The maximum Gasteiger partial charge on any atom is 0.264 e. The second kappa shape index (κ2) is 9.78. The van der Waals surface area contributed by atoms with Crippen LogP contribution in [0.5, 0.6) is 5.75 Å². The third kappa shape index (κ3) is 5.11. The number of amides is 1. The van der Waals surface area contributed by atoms with E-state index in [0.717, 1.165) is 66.4 Å². The molecule has 2 N–H and O–H groups in total. The van der Waals surface area contributed by atoms with Gasteiger partial charge in [-0.25, -0.2) is 9.98 Å². The number of pyridine rings is 1. The fraction of sp³-hybridized carbons (Fsp3) is 0.292. The summed E-state index contributed by atoms with van der Waals surface area (Å²) in [5, 5.41) is 4.40. The van der Waals surface area contributed by atoms with Crippen LogP contribution in [0.25, 0.3) is 17.1 Å². The largest absolute Gasteiger partial charge is 0.492 e. The first-order valence-corrected chi connectivity index (χ1v) is 11.7. The Morgan fingerprint density at radius 2 is 2.18 bits per heavy atom. The number of thioether (sulfide) groups is 1. The van der Waals surface area contributed by atoms with E-state index in [9.17, 15) is 4.79 Å². The first kappa shape index (κ1) is 21.7. The van der Waals surface area contributed by atoms with Crippen molar-refractivity contribution in [1.82, 2.24) is 20.2 Å². The molecule has 0 saturated carbocycles. The number of aliphatic imine (C=N–C) groups is 1. The predicted octanol–water partition coefficient (Wildman–Crippen LogP) is 3.47. The van der Waals surface area contributed by atoms with Crippen molar-refractivity contribution >= 4 is 45.6 Å². The fourth-order valence-corrected chi connectivity index (χ4v) is 4.61. The van der Waals surface area contributed by atoms with Crippen LogP contribution in [0, 0.1) is 6.92 Å². The number of rotatable bonds is 6. The standard InChI is InChI=1S/C24H25N5O3S/c1-16-13-18(32-12-9-29-7-10-31-11-8-29)4-5-20(16)27-24-28-23(30)21(33-24)14-17-15-26-22-19(17)3-2-6-25-22/h2-6,13-15H,7-12H2,1H3,(H,25,26)(H,27,28,30)/b21-14-. The van der Waals surface area contributed by atoms with Crippen molar-refractivity contribution in [3.05, 3.63) is 58.8 Å². The van der Waals surface area contributed by atoms with Crippen molar-refractivity contribution in [1.29, 1.82) is 0 Å². The number of benzene rings is 1. The highest BCUT2D eigenvalue weighted by Gasteiger charge is 2.24. The van der Waals surface area contributed by atoms with E-state index < -0.39 is 0 Å². The van der Waals surface area contributed by atoms with Gasteiger partial charge in [0, 0.05) is 43.0 Å². The van der Waals surface area contributed by atoms with Crippen LogP contribution in [0.15, 0.2) is 52.6 Å². The Morgan fingerprint density at radius 3 is 3.03 bits per heavy atom. The minimum atomic E-state index is -0.155. The maximum absolute atomic E-state index is 12.5. The third-order valence-electron chi connectivity index (χ3n) is 5.59. The van der Waals surface area contributed by atoms with E-state index in [0.29, 0.717) is 16.7 Å². The van der Waals surface area contributed by atoms with Crippen molar-refractivity contribution in [3.63, 3.8) is 0 Å². The van der Waals surface area contributed by atoms with Gasteiger partial charge < -0.3 is 19.8 Å². The third-order valence-corrected chi connectivity index (χ3v) is 6.50. The fourth-order valence-electron chi connectivity index (χ4n) is 3.79. The first-order valence-electron chi connectivity index (χ1n) is 10.9. The molecule has 3 aromatic rings. The summed E-state index contributed by atoms with van der Waals surface area (Å²) in [7, 11) is 0. The highest BCUT2D eigenvalue weighted by atomic mass is 32.2. The van der Waals surface area contributed by atoms with Crippen molar-refractivity contribution in [3.8, 4) is 5.75 Å². The highest BCUT2D eigenvalue weighted by molar-refractivity contribution is 8.18. The number of morpholine rings is 1. The molecule has 0 unspecified atom stereocenters. The van der Waals surface area contributed by atoms with E-state index in [1.165, 1.54) is 11.8 Å². The number of carbonyl (C=O) groups excluding carboxylic acids is 1. The molecule has 170 valence electrons. The molecule has 0 aliphatic carbocycles. The monoisotopic (exact) mass is 463 g/mol. The van der Waals surface area contributed by atoms with Gasteiger partial charge in [-0.15, -0.1) is 0 Å². The normalized spacial score (nSPS) is 19.5. The number of carbonyl (C=O) groups is 1. The van der Waals surface area contributed by atoms with Crippen LogP contribution < -0.4 is 10.1 Å². The number of nitrogens with zero attached hydrogens (tertiary/aromatic N) is 3. The number of amidine groups is 1. The van der Waals surface area contributed by atoms with Crippen molar-refractivity contribution < 1.29 is 14.3 Å². The summed E-state index contributed by atoms with van der Waals surface area (Å²) < 4.78 is 11.3. The Kier molecular flexibility index (Phi) is 6.43. The van der Waals surface area contributed by atoms with E-state index in [4.69, 9.17) is 9.47 Å². The number of hydrogen-bond donors (Lipinski definition) is 2. The lowest BCUT2D eigenvalue weighted by Crippen LogP contribution is -2.38. The number of hydrogen-bond acceptors (Lipinski definition) is 7. The Bertz CT molecular complexity index is 1230. The number of aromatic nitrogens is 2. The van der Waals surface area contributed by atoms with Gasteiger partial charge in [0.25, 0.3) is 5.91 Å². The zero-order valence-corrected chi connectivity index (χ0v) is 19.2. The van der Waals surface area contributed by atoms with Crippen molar-refractivity contribution in [2.45, 2.75) is 6.92 Å².